The van der Waals surface area contributed by atoms with Crippen molar-refractivity contribution in [2.24, 2.45) is 51.8 Å². The Morgan fingerprint density at radius 2 is 0.784 bits per heavy atom. The van der Waals surface area contributed by atoms with Gasteiger partial charge in [-0.25, -0.2) is 33.2 Å². The minimum atomic E-state index is -3.64. The van der Waals surface area contributed by atoms with Crippen LogP contribution in [0.5, 0.6) is 0 Å². The lowest BCUT2D eigenvalue weighted by molar-refractivity contribution is -0.660. The van der Waals surface area contributed by atoms with Crippen LogP contribution in [-0.2, 0) is 49.9 Å². The molecule has 0 bridgehead atoms. The van der Waals surface area contributed by atoms with E-state index in [-0.39, 0.29) is 89.3 Å². The summed E-state index contributed by atoms with van der Waals surface area (Å²) in [7, 11) is 7.20. The first-order chi connectivity index (χ1) is 80.6. The molecule has 668 valence electrons. The molecular formula is C123H121N7O4+4. The van der Waals surface area contributed by atoms with Crippen molar-refractivity contribution in [3.05, 3.63) is 339 Å². The summed E-state index contributed by atoms with van der Waals surface area (Å²) in [4.78, 5) is 14.2. The van der Waals surface area contributed by atoms with Crippen molar-refractivity contribution in [3.8, 4) is 89.5 Å². The fourth-order valence-corrected chi connectivity index (χ4v) is 21.2. The number of aryl methyl sites for hydroxylation is 12. The Morgan fingerprint density at radius 1 is 0.358 bits per heavy atom. The van der Waals surface area contributed by atoms with Gasteiger partial charge in [-0.05, 0) is 204 Å². The van der Waals surface area contributed by atoms with Crippen LogP contribution in [0.3, 0.4) is 0 Å². The second-order valence-corrected chi connectivity index (χ2v) is 36.2. The molecule has 4 atom stereocenters. The number of pyridine rings is 7. The maximum absolute atomic E-state index is 9.61. The quantitative estimate of drug-likeness (QED) is 0.126. The molecule has 11 aromatic heterocycles. The molecule has 134 heavy (non-hydrogen) atoms. The minimum Gasteiger partial charge on any atom is -0.454 e. The highest BCUT2D eigenvalue weighted by molar-refractivity contribution is 6.17. The zero-order valence-corrected chi connectivity index (χ0v) is 75.9. The van der Waals surface area contributed by atoms with Gasteiger partial charge in [-0.2, -0.15) is 0 Å². The zero-order valence-electron chi connectivity index (χ0n) is 117. The molecule has 0 amide bonds. The van der Waals surface area contributed by atoms with Gasteiger partial charge in [0.15, 0.2) is 41.5 Å². The number of nitrogens with zero attached hydrogens (tertiary/aromatic N) is 7. The minimum absolute atomic E-state index is 0.0940. The summed E-state index contributed by atoms with van der Waals surface area (Å²) in [5, 5.41) is 5.47. The van der Waals surface area contributed by atoms with Gasteiger partial charge in [-0.3, -0.25) is 0 Å². The first-order valence-electron chi connectivity index (χ1n) is 64.6. The molecule has 20 aromatic rings. The van der Waals surface area contributed by atoms with E-state index in [1.807, 2.05) is 69.8 Å². The highest BCUT2D eigenvalue weighted by Gasteiger charge is 2.51. The highest BCUT2D eigenvalue weighted by Crippen LogP contribution is 2.61. The van der Waals surface area contributed by atoms with Crippen LogP contribution in [0, 0.1) is 78.7 Å². The average Bonchev–Trinajstić information content (AvgIpc) is 1.49. The van der Waals surface area contributed by atoms with E-state index in [1.165, 1.54) is 59.2 Å². The molecule has 4 unspecified atom stereocenters. The molecule has 11 heterocycles. The molecule has 9 aromatic carbocycles. The maximum Gasteiger partial charge on any atom is 0.227 e. The maximum atomic E-state index is 9.61. The molecule has 4 aliphatic carbocycles. The summed E-state index contributed by atoms with van der Waals surface area (Å²) >= 11 is 0. The number of benzene rings is 9. The van der Waals surface area contributed by atoms with Gasteiger partial charge >= 0.3 is 0 Å². The third kappa shape index (κ3) is 13.2. The molecule has 11 nitrogen and oxygen atoms in total. The normalized spacial score (nSPS) is 22.8. The molecular weight excluding hydrogens is 1640 g/mol. The highest BCUT2D eigenvalue weighted by atomic mass is 16.4. The van der Waals surface area contributed by atoms with Crippen LogP contribution < -0.4 is 18.3 Å². The van der Waals surface area contributed by atoms with Gasteiger partial charge in [-0.1, -0.05) is 240 Å². The molecule has 0 N–H and O–H groups in total. The number of rotatable bonds is 10. The van der Waals surface area contributed by atoms with Gasteiger partial charge in [-0.15, -0.1) is 0 Å². The van der Waals surface area contributed by atoms with Crippen LogP contribution >= 0.6 is 0 Å². The fourth-order valence-electron chi connectivity index (χ4n) is 21.2. The summed E-state index contributed by atoms with van der Waals surface area (Å²) in [5.74, 6) is -12.7. The molecule has 0 spiro atoms. The topological polar surface area (TPSA) is 107 Å². The predicted molar refractivity (Wildman–Crippen MR) is 549 cm³/mol. The smallest absolute Gasteiger partial charge is 0.227 e. The Labute approximate surface area is 844 Å². The van der Waals surface area contributed by atoms with E-state index in [0.717, 1.165) is 98.2 Å². The van der Waals surface area contributed by atoms with Crippen molar-refractivity contribution < 1.29 is 92.1 Å². The van der Waals surface area contributed by atoms with E-state index in [9.17, 15) is 8.22 Å². The van der Waals surface area contributed by atoms with Crippen LogP contribution in [0.15, 0.2) is 267 Å². The van der Waals surface area contributed by atoms with Crippen LogP contribution in [0.4, 0.5) is 0 Å². The van der Waals surface area contributed by atoms with Gasteiger partial charge in [0, 0.05) is 192 Å². The van der Waals surface area contributed by atoms with E-state index in [4.69, 9.17) is 80.6 Å². The van der Waals surface area contributed by atoms with E-state index in [2.05, 4.69) is 50.2 Å². The Morgan fingerprint density at radius 3 is 1.30 bits per heavy atom. The summed E-state index contributed by atoms with van der Waals surface area (Å²) < 4.78 is 380. The number of hydrogen-bond donors (Lipinski definition) is 0. The van der Waals surface area contributed by atoms with E-state index in [1.54, 1.807) is 175 Å². The second-order valence-electron chi connectivity index (χ2n) is 36.2. The lowest BCUT2D eigenvalue weighted by atomic mass is 9.64. The van der Waals surface area contributed by atoms with Gasteiger partial charge in [0.25, 0.3) is 0 Å². The number of aromatic nitrogens is 7. The van der Waals surface area contributed by atoms with E-state index >= 15 is 0 Å². The molecule has 0 saturated heterocycles. The Bertz CT molecular complexity index is 10100. The third-order valence-electron chi connectivity index (χ3n) is 27.3. The Hall–Kier alpha value is -13.8. The van der Waals surface area contributed by atoms with Crippen LogP contribution in [0.2, 0.25) is 0 Å². The molecule has 11 heteroatoms. The average molecular weight is 1800 g/mol. The molecule has 0 radical (unpaired) electrons. The second kappa shape index (κ2) is 32.0. The fraction of sp³-hybridized carbons (Fsp3) is 0.276. The molecule has 4 aliphatic rings. The van der Waals surface area contributed by atoms with Gasteiger partial charge in [0.1, 0.15) is 39.4 Å². The van der Waals surface area contributed by atoms with Gasteiger partial charge in [0.05, 0.1) is 39.0 Å². The van der Waals surface area contributed by atoms with Gasteiger partial charge in [0.2, 0.25) is 39.9 Å². The molecule has 0 aliphatic heterocycles. The molecule has 0 saturated carbocycles. The Balaban J connectivity index is 0.000000133. The largest absolute Gasteiger partial charge is 0.454 e. The van der Waals surface area contributed by atoms with Crippen LogP contribution in [-0.4, -0.2) is 15.0 Å². The summed E-state index contributed by atoms with van der Waals surface area (Å²) in [6.07, 6.45) is 1.63. The monoisotopic (exact) mass is 1800 g/mol. The SMILES string of the molecule is [2H]C([2H])([2H])c1cc[n+](C)c(-c2c(C)ccc3c2oc2nc4c(cc23)-c2ccccc2C4(C([2H])(C)C([2H])([2H])[2H])C([2H])(C([2H])([2H])[2H])C([2H])([2H])[2H])c1.[2H]C([2H])([2H])c1cc[n+](C)c(-c2c(C)ccc3c2oc2nc4c(cc23)-c2ccccc2C4(C([2H])([2H])C([2H])(C)C([2H])([2H])[2H])C([2H])([2H])C([2H])(C)C([2H])([2H])[2H])c1.[2H]C([2H])([2H])c1cc[n+](C)c(-c2c(C)ccc3c2oc2ncc4c(c23)C(C)(C)c2ccccc2-4)c1.[2H]C([2H])([2H])c1ccc(-c2c(C)ccc3c2oc2c4c(ccc23)C(C([2H])([2H])[2H])(C([2H])([2H])[2H])c2ccccc2-4)[n+](C)c1. The standard InChI is InChI=1S/C34H37N2O.C32H33N2O.C29H26NO.C28H25N2O/c1-20(2)18-34(19-21(3)4)28-11-9-8-10-24(28)26-17-27-25-13-12-23(6)30(29-16-22(5)14-15-36(29)7)31(25)37-33(27)35-32(26)34;1-18(2)32(19(3)4)26-11-9-8-10-22(26)24-17-25-23-13-12-21(6)28(27-16-20(5)14-15-34(27)7)29(23)35-31(25)33-30(24)32;1-17-10-15-24(30(5)16-17)25-18(2)11-12-19-20-13-14-23-26(28(20)31-27(19)25)21-8-6-7-9-22(21)29(23,3)4;1-16-12-13-30(5)22(14-16)23-17(2)10-11-19-24-25-20(15-29-27(24)31-26(19)23)18-8-6-7-9-21(18)28(25,3)4/h8-17,20-21H,18-19H2,1-7H3;8-19H,1-7H3;6-16H,1-5H3;6-15H,1-5H3/q4*+1/i1D3,3D3,5D3,18D2,19D2,20D,21D;1D3,2D3,3D3,5D3,18D,19D;1D3,3D3,4D3;1D3. The number of furan rings is 4. The first-order valence-corrected chi connectivity index (χ1v) is 44.1. The molecule has 0 fully saturated rings. The molecule has 24 rings (SSSR count). The number of hydrogen-bond acceptors (Lipinski definition) is 7. The zero-order chi connectivity index (χ0) is 128. The van der Waals surface area contributed by atoms with E-state index < -0.39 is 134 Å². The van der Waals surface area contributed by atoms with Crippen molar-refractivity contribution in [2.75, 3.05) is 0 Å². The van der Waals surface area contributed by atoms with Gasteiger partial charge < -0.3 is 17.7 Å². The number of fused-ring (bicyclic) bond motifs is 26. The van der Waals surface area contributed by atoms with Crippen molar-refractivity contribution >= 4 is 88.1 Å². The Kier molecular flexibility index (Phi) is 12.4. The summed E-state index contributed by atoms with van der Waals surface area (Å²) in [5.41, 5.74) is 9.91. The summed E-state index contributed by atoms with van der Waals surface area (Å²) in [6, 6.07) is 62.0. The summed E-state index contributed by atoms with van der Waals surface area (Å²) in [6.45, 7) is -17.6. The van der Waals surface area contributed by atoms with Crippen LogP contribution in [0.25, 0.3) is 178 Å². The lowest BCUT2D eigenvalue weighted by Crippen LogP contribution is -2.38. The third-order valence-corrected chi connectivity index (χ3v) is 27.3. The predicted octanol–water partition coefficient (Wildman–Crippen LogP) is 29.5. The van der Waals surface area contributed by atoms with Crippen LogP contribution in [0.1, 0.15) is 241 Å². The van der Waals surface area contributed by atoms with Crippen molar-refractivity contribution in [3.63, 3.8) is 0 Å². The van der Waals surface area contributed by atoms with Crippen molar-refractivity contribution in [1.82, 2.24) is 15.0 Å². The van der Waals surface area contributed by atoms with Crippen molar-refractivity contribution in [1.29, 1.82) is 0 Å². The lowest BCUT2D eigenvalue weighted by Gasteiger charge is -2.39. The van der Waals surface area contributed by atoms with Crippen molar-refractivity contribution in [2.45, 2.75) is 172 Å². The van der Waals surface area contributed by atoms with E-state index in [0.29, 0.717) is 83.2 Å². The first kappa shape index (κ1) is 52.0.